The van der Waals surface area contributed by atoms with E-state index in [1.54, 1.807) is 0 Å². The van der Waals surface area contributed by atoms with Crippen LogP contribution in [0.5, 0.6) is 23.0 Å². The lowest BCUT2D eigenvalue weighted by atomic mass is 10.1. The van der Waals surface area contributed by atoms with E-state index < -0.39 is 56.3 Å². The molecule has 0 unspecified atom stereocenters. The quantitative estimate of drug-likeness (QED) is 0.439. The zero-order valence-electron chi connectivity index (χ0n) is 25.6. The number of rotatable bonds is 10. The van der Waals surface area contributed by atoms with Gasteiger partial charge in [-0.15, -0.1) is 0 Å². The van der Waals surface area contributed by atoms with Gasteiger partial charge in [0.1, 0.15) is 0 Å². The normalized spacial score (nSPS) is 18.1. The molecule has 0 radical (unpaired) electrons. The van der Waals surface area contributed by atoms with Crippen molar-refractivity contribution in [2.24, 2.45) is 0 Å². The maximum atomic E-state index is 12.5. The molecule has 0 aliphatic rings. The molecular formula is C23H24O6. The van der Waals surface area contributed by atoms with Crippen LogP contribution in [0.15, 0.2) is 48.5 Å². The highest BCUT2D eigenvalue weighted by Gasteiger charge is 2.07. The zero-order valence-corrected chi connectivity index (χ0v) is 15.6. The van der Waals surface area contributed by atoms with Crippen LogP contribution in [0.1, 0.15) is 31.3 Å². The van der Waals surface area contributed by atoms with E-state index in [1.807, 2.05) is 0 Å². The Kier molecular flexibility index (Phi) is 4.23. The molecule has 0 bridgehead atoms. The van der Waals surface area contributed by atoms with Gasteiger partial charge in [-0.2, -0.15) is 0 Å². The number of hydrogen-bond donors (Lipinski definition) is 0. The molecule has 6 heteroatoms. The van der Waals surface area contributed by atoms with Gasteiger partial charge < -0.3 is 18.9 Å². The van der Waals surface area contributed by atoms with E-state index in [9.17, 15) is 9.59 Å². The lowest BCUT2D eigenvalue weighted by molar-refractivity contribution is -0.121. The molecule has 0 spiro atoms. The van der Waals surface area contributed by atoms with Crippen molar-refractivity contribution in [3.8, 4) is 23.0 Å². The fourth-order valence-electron chi connectivity index (χ4n) is 2.18. The van der Waals surface area contributed by atoms with Gasteiger partial charge in [-0.25, -0.2) is 0 Å². The summed E-state index contributed by atoms with van der Waals surface area (Å²) in [6.45, 7) is 0. The highest BCUT2D eigenvalue weighted by atomic mass is 16.5. The molecule has 0 saturated carbocycles. The maximum Gasteiger partial charge on any atom is 0.163 e. The minimum absolute atomic E-state index is 0.00446. The first-order valence-corrected chi connectivity index (χ1v) is 8.13. The Balaban J connectivity index is 2.28. The van der Waals surface area contributed by atoms with Crippen LogP contribution >= 0.6 is 0 Å². The average Bonchev–Trinajstić information content (AvgIpc) is 2.85. The molecule has 29 heavy (non-hydrogen) atoms. The molecule has 152 valence electrons. The first kappa shape index (κ1) is 11.5. The number of hydrogen-bond acceptors (Lipinski definition) is 6. The average molecular weight is 407 g/mol. The van der Waals surface area contributed by atoms with E-state index in [4.69, 9.17) is 32.7 Å². The van der Waals surface area contributed by atoms with E-state index in [0.717, 1.165) is 0 Å². The molecule has 2 rings (SSSR count). The third-order valence-corrected chi connectivity index (χ3v) is 3.56. The molecule has 0 atom stereocenters. The highest BCUT2D eigenvalue weighted by molar-refractivity contribution is 6.10. The minimum atomic E-state index is -2.76. The molecule has 2 aromatic rings. The Morgan fingerprint density at radius 1 is 0.793 bits per heavy atom. The SMILES string of the molecule is [2H]/C(C(=O)CC(=O)/C([2H])=C(\[2H])c1ccc(OC([2H])([2H])[2H])c(OC)c1)=C(/[2H])c1ccc(OC([2H])([2H])[2H])c(OC)c1. The Morgan fingerprint density at radius 3 is 1.62 bits per heavy atom. The van der Waals surface area contributed by atoms with Crippen molar-refractivity contribution < 1.29 is 42.2 Å². The Morgan fingerprint density at radius 2 is 1.24 bits per heavy atom. The molecule has 0 aromatic heterocycles. The van der Waals surface area contributed by atoms with Gasteiger partial charge in [-0.1, -0.05) is 24.2 Å². The lowest BCUT2D eigenvalue weighted by Crippen LogP contribution is -2.02. The first-order chi connectivity index (χ1) is 18.0. The van der Waals surface area contributed by atoms with Crippen LogP contribution < -0.4 is 18.9 Å². The summed E-state index contributed by atoms with van der Waals surface area (Å²) in [7, 11) is -3.06. The van der Waals surface area contributed by atoms with Gasteiger partial charge in [-0.05, 0) is 47.5 Å². The van der Waals surface area contributed by atoms with Gasteiger partial charge >= 0.3 is 0 Å². The van der Waals surface area contributed by atoms with Crippen LogP contribution in [0.4, 0.5) is 0 Å². The Bertz CT molecular complexity index is 1210. The summed E-state index contributed by atoms with van der Waals surface area (Å²) in [6, 6.07) is 4.33. The van der Waals surface area contributed by atoms with Crippen molar-refractivity contribution in [2.45, 2.75) is 6.42 Å². The van der Waals surface area contributed by atoms with Crippen LogP contribution in [0, 0.1) is 0 Å². The summed E-state index contributed by atoms with van der Waals surface area (Å²) in [5.74, 6) is -2.62. The number of ether oxygens (including phenoxy) is 4. The molecule has 0 heterocycles. The lowest BCUT2D eigenvalue weighted by Gasteiger charge is -2.07. The van der Waals surface area contributed by atoms with Gasteiger partial charge in [0.25, 0.3) is 0 Å². The van der Waals surface area contributed by atoms with Gasteiger partial charge in [0.15, 0.2) is 34.6 Å². The van der Waals surface area contributed by atoms with Gasteiger partial charge in [-0.3, -0.25) is 9.59 Å². The predicted molar refractivity (Wildman–Crippen MR) is 112 cm³/mol. The van der Waals surface area contributed by atoms with Crippen LogP contribution in [-0.2, 0) is 9.59 Å². The van der Waals surface area contributed by atoms with Crippen molar-refractivity contribution in [3.05, 3.63) is 59.6 Å². The van der Waals surface area contributed by atoms with Gasteiger partial charge in [0, 0.05) is 0 Å². The second kappa shape index (κ2) is 10.7. The van der Waals surface area contributed by atoms with Crippen LogP contribution in [0.2, 0.25) is 0 Å². The fraction of sp³-hybridized carbons (Fsp3) is 0.217. The molecular weight excluding hydrogens is 372 g/mol. The van der Waals surface area contributed by atoms with Crippen LogP contribution in [0.25, 0.3) is 12.1 Å². The third-order valence-electron chi connectivity index (χ3n) is 3.56. The third kappa shape index (κ3) is 6.24. The van der Waals surface area contributed by atoms with Crippen molar-refractivity contribution >= 4 is 23.7 Å². The molecule has 0 aliphatic carbocycles. The van der Waals surface area contributed by atoms with Gasteiger partial charge in [0.2, 0.25) is 0 Å². The van der Waals surface area contributed by atoms with E-state index >= 15 is 0 Å². The largest absolute Gasteiger partial charge is 0.493 e. The summed E-state index contributed by atoms with van der Waals surface area (Å²) in [4.78, 5) is 25.1. The van der Waals surface area contributed by atoms with Crippen molar-refractivity contribution in [1.82, 2.24) is 0 Å². The molecule has 0 aliphatic heterocycles. The second-order valence-corrected chi connectivity index (χ2v) is 5.46. The molecule has 0 fully saturated rings. The molecule has 0 saturated heterocycles. The Labute approximate surface area is 184 Å². The van der Waals surface area contributed by atoms with E-state index in [1.165, 1.54) is 50.6 Å². The number of carbonyl (C=O) groups is 2. The minimum Gasteiger partial charge on any atom is -0.493 e. The number of ketones is 2. The summed E-state index contributed by atoms with van der Waals surface area (Å²) in [6.07, 6.45) is -0.975. The number of methoxy groups -OCH3 is 4. The first-order valence-electron chi connectivity index (χ1n) is 13.1. The molecule has 2 aromatic carbocycles. The van der Waals surface area contributed by atoms with Gasteiger partial charge in [0.05, 0.1) is 48.4 Å². The topological polar surface area (TPSA) is 71.1 Å². The maximum absolute atomic E-state index is 12.5. The second-order valence-electron chi connectivity index (χ2n) is 5.46. The summed E-state index contributed by atoms with van der Waals surface area (Å²) in [5.41, 5.74) is 0.00893. The highest BCUT2D eigenvalue weighted by Crippen LogP contribution is 2.28. The zero-order chi connectivity index (χ0) is 29.7. The van der Waals surface area contributed by atoms with Crippen molar-refractivity contribution in [1.29, 1.82) is 0 Å². The van der Waals surface area contributed by atoms with E-state index in [-0.39, 0.29) is 34.1 Å². The predicted octanol–water partition coefficient (Wildman–Crippen LogP) is 3.98. The summed E-state index contributed by atoms with van der Waals surface area (Å²) < 4.78 is 95.2. The number of carbonyl (C=O) groups excluding carboxylic acids is 2. The summed E-state index contributed by atoms with van der Waals surface area (Å²) in [5, 5.41) is 0. The van der Waals surface area contributed by atoms with E-state index in [2.05, 4.69) is 0 Å². The molecule has 0 N–H and O–H groups in total. The van der Waals surface area contributed by atoms with Crippen molar-refractivity contribution in [2.75, 3.05) is 28.3 Å². The number of benzene rings is 2. The van der Waals surface area contributed by atoms with E-state index in [0.29, 0.717) is 0 Å². The summed E-state index contributed by atoms with van der Waals surface area (Å²) >= 11 is 0. The van der Waals surface area contributed by atoms with Crippen LogP contribution in [0.3, 0.4) is 0 Å². The Hall–Kier alpha value is -3.54. The smallest absolute Gasteiger partial charge is 0.163 e. The monoisotopic (exact) mass is 406 g/mol. The molecule has 6 nitrogen and oxygen atoms in total. The van der Waals surface area contributed by atoms with Crippen LogP contribution in [-0.4, -0.2) is 39.9 Å². The fourth-order valence-corrected chi connectivity index (χ4v) is 2.18. The molecule has 0 amide bonds. The number of allylic oxidation sites excluding steroid dienone is 2. The van der Waals surface area contributed by atoms with Crippen molar-refractivity contribution in [3.63, 3.8) is 0 Å². The standard InChI is InChI=1S/C23H24O6/c1-26-20-11-7-16(13-22(20)28-3)5-9-18(24)15-19(25)10-6-17-8-12-21(27-2)23(14-17)29-4/h5-14H,15H2,1-4H3/b9-5+,10-6+/i1D3,2D3,5D,6D,9D,10D.